The fourth-order valence-electron chi connectivity index (χ4n) is 1.89. The van der Waals surface area contributed by atoms with Gasteiger partial charge in [-0.05, 0) is 25.0 Å². The van der Waals surface area contributed by atoms with Crippen LogP contribution in [-0.4, -0.2) is 21.2 Å². The van der Waals surface area contributed by atoms with E-state index < -0.39 is 0 Å². The van der Waals surface area contributed by atoms with Crippen LogP contribution in [0.15, 0.2) is 22.9 Å². The van der Waals surface area contributed by atoms with E-state index in [2.05, 4.69) is 34.3 Å². The first-order valence-electron chi connectivity index (χ1n) is 7.34. The summed E-state index contributed by atoms with van der Waals surface area (Å²) in [4.78, 5) is 8.67. The van der Waals surface area contributed by atoms with Crippen LogP contribution in [0.2, 0.25) is 0 Å². The van der Waals surface area contributed by atoms with E-state index >= 15 is 0 Å². The third-order valence-electron chi connectivity index (χ3n) is 3.28. The average Bonchev–Trinajstić information content (AvgIpc) is 3.23. The number of rotatable bonds is 7. The summed E-state index contributed by atoms with van der Waals surface area (Å²) in [7, 11) is 0. The molecule has 0 amide bonds. The van der Waals surface area contributed by atoms with Crippen molar-refractivity contribution in [2.75, 3.05) is 0 Å². The summed E-state index contributed by atoms with van der Waals surface area (Å²) in [6.07, 6.45) is 4.04. The van der Waals surface area contributed by atoms with Crippen LogP contribution in [0.1, 0.15) is 50.0 Å². The van der Waals surface area contributed by atoms with Crippen LogP contribution >= 0.6 is 0 Å². The molecule has 112 valence electrons. The molecule has 1 N–H and O–H groups in total. The summed E-state index contributed by atoms with van der Waals surface area (Å²) in [6, 6.07) is 4.30. The zero-order valence-corrected chi connectivity index (χ0v) is 12.4. The molecule has 1 fully saturated rings. The van der Waals surface area contributed by atoms with Crippen LogP contribution in [0.3, 0.4) is 0 Å². The van der Waals surface area contributed by atoms with Crippen molar-refractivity contribution in [3.8, 4) is 5.75 Å². The van der Waals surface area contributed by atoms with Gasteiger partial charge in [0.2, 0.25) is 0 Å². The van der Waals surface area contributed by atoms with E-state index in [4.69, 9.17) is 9.26 Å². The van der Waals surface area contributed by atoms with E-state index in [9.17, 15) is 0 Å². The second-order valence-electron chi connectivity index (χ2n) is 5.63. The molecule has 1 saturated carbocycles. The third-order valence-corrected chi connectivity index (χ3v) is 3.28. The number of pyridine rings is 1. The lowest BCUT2D eigenvalue weighted by Gasteiger charge is -2.08. The topological polar surface area (TPSA) is 73.1 Å². The Labute approximate surface area is 123 Å². The van der Waals surface area contributed by atoms with Crippen molar-refractivity contribution in [2.24, 2.45) is 0 Å². The molecular formula is C15H20N4O2. The molecule has 2 aromatic rings. The van der Waals surface area contributed by atoms with Crippen molar-refractivity contribution in [3.63, 3.8) is 0 Å². The van der Waals surface area contributed by atoms with Crippen molar-refractivity contribution in [2.45, 2.75) is 51.8 Å². The summed E-state index contributed by atoms with van der Waals surface area (Å²) >= 11 is 0. The zero-order chi connectivity index (χ0) is 14.7. The molecule has 0 aromatic carbocycles. The molecule has 0 radical (unpaired) electrons. The van der Waals surface area contributed by atoms with E-state index in [1.54, 1.807) is 6.20 Å². The second kappa shape index (κ2) is 6.22. The molecule has 1 aliphatic carbocycles. The van der Waals surface area contributed by atoms with Gasteiger partial charge >= 0.3 is 0 Å². The second-order valence-corrected chi connectivity index (χ2v) is 5.63. The van der Waals surface area contributed by atoms with Gasteiger partial charge < -0.3 is 14.6 Å². The summed E-state index contributed by atoms with van der Waals surface area (Å²) in [5.41, 5.74) is 0.991. The number of hydrogen-bond donors (Lipinski definition) is 1. The molecule has 21 heavy (non-hydrogen) atoms. The quantitative estimate of drug-likeness (QED) is 0.843. The van der Waals surface area contributed by atoms with Gasteiger partial charge in [-0.25, -0.2) is 0 Å². The smallest absolute Gasteiger partial charge is 0.264 e. The van der Waals surface area contributed by atoms with E-state index in [1.165, 1.54) is 0 Å². The van der Waals surface area contributed by atoms with Crippen molar-refractivity contribution in [1.29, 1.82) is 0 Å². The van der Waals surface area contributed by atoms with E-state index in [1.807, 2.05) is 12.1 Å². The monoisotopic (exact) mass is 288 g/mol. The van der Waals surface area contributed by atoms with Crippen LogP contribution in [0.5, 0.6) is 5.75 Å². The third kappa shape index (κ3) is 4.01. The average molecular weight is 288 g/mol. The van der Waals surface area contributed by atoms with Gasteiger partial charge in [-0.15, -0.1) is 0 Å². The molecule has 0 bridgehead atoms. The standard InChI is InChI=1S/C15H20N4O2/c1-10(2)16-7-12-5-6-13(8-17-12)20-9-14-18-15(19-21-14)11-3-4-11/h5-6,8,10-11,16H,3-4,7,9H2,1-2H3. The highest BCUT2D eigenvalue weighted by atomic mass is 16.5. The first kappa shape index (κ1) is 14.0. The first-order chi connectivity index (χ1) is 10.2. The van der Waals surface area contributed by atoms with Crippen LogP contribution in [0.4, 0.5) is 0 Å². The summed E-state index contributed by atoms with van der Waals surface area (Å²) < 4.78 is 10.8. The Hall–Kier alpha value is -1.95. The lowest BCUT2D eigenvalue weighted by molar-refractivity contribution is 0.241. The molecule has 0 spiro atoms. The Morgan fingerprint density at radius 1 is 1.38 bits per heavy atom. The fraction of sp³-hybridized carbons (Fsp3) is 0.533. The van der Waals surface area contributed by atoms with Crippen LogP contribution < -0.4 is 10.1 Å². The SMILES string of the molecule is CC(C)NCc1ccc(OCc2nc(C3CC3)no2)cn1. The van der Waals surface area contributed by atoms with Gasteiger partial charge in [0.05, 0.1) is 11.9 Å². The minimum atomic E-state index is 0.283. The predicted octanol–water partition coefficient (Wildman–Crippen LogP) is 2.42. The maximum absolute atomic E-state index is 5.61. The lowest BCUT2D eigenvalue weighted by atomic mass is 10.3. The molecule has 2 heterocycles. The van der Waals surface area contributed by atoms with Gasteiger partial charge in [0.15, 0.2) is 12.4 Å². The molecule has 3 rings (SSSR count). The maximum atomic E-state index is 5.61. The van der Waals surface area contributed by atoms with Crippen molar-refractivity contribution in [1.82, 2.24) is 20.4 Å². The Bertz CT molecular complexity index is 576. The first-order valence-corrected chi connectivity index (χ1v) is 7.34. The van der Waals surface area contributed by atoms with Crippen LogP contribution in [0, 0.1) is 0 Å². The molecule has 2 aromatic heterocycles. The maximum Gasteiger partial charge on any atom is 0.264 e. The highest BCUT2D eigenvalue weighted by Gasteiger charge is 2.28. The Balaban J connectivity index is 1.50. The summed E-state index contributed by atoms with van der Waals surface area (Å²) in [5.74, 6) is 2.52. The fourth-order valence-corrected chi connectivity index (χ4v) is 1.89. The molecular weight excluding hydrogens is 268 g/mol. The number of nitrogens with zero attached hydrogens (tertiary/aromatic N) is 3. The molecule has 0 saturated heterocycles. The summed E-state index contributed by atoms with van der Waals surface area (Å²) in [6.45, 7) is 5.26. The normalized spacial score (nSPS) is 14.6. The van der Waals surface area contributed by atoms with Crippen molar-refractivity contribution >= 4 is 0 Å². The lowest BCUT2D eigenvalue weighted by Crippen LogP contribution is -2.22. The molecule has 1 aliphatic rings. The van der Waals surface area contributed by atoms with Gasteiger partial charge in [-0.3, -0.25) is 4.98 Å². The van der Waals surface area contributed by atoms with Gasteiger partial charge in [-0.2, -0.15) is 4.98 Å². The molecule has 0 unspecified atom stereocenters. The number of aromatic nitrogens is 3. The minimum absolute atomic E-state index is 0.283. The molecule has 0 aliphatic heterocycles. The van der Waals surface area contributed by atoms with Gasteiger partial charge in [0.1, 0.15) is 5.75 Å². The summed E-state index contributed by atoms with van der Waals surface area (Å²) in [5, 5.41) is 7.28. The molecule has 0 atom stereocenters. The minimum Gasteiger partial charge on any atom is -0.482 e. The zero-order valence-electron chi connectivity index (χ0n) is 12.4. The Morgan fingerprint density at radius 3 is 2.90 bits per heavy atom. The van der Waals surface area contributed by atoms with Crippen LogP contribution in [-0.2, 0) is 13.2 Å². The molecule has 6 heteroatoms. The van der Waals surface area contributed by atoms with E-state index in [-0.39, 0.29) is 6.61 Å². The van der Waals surface area contributed by atoms with E-state index in [0.29, 0.717) is 23.6 Å². The van der Waals surface area contributed by atoms with Crippen molar-refractivity contribution < 1.29 is 9.26 Å². The Kier molecular flexibility index (Phi) is 4.15. The van der Waals surface area contributed by atoms with Gasteiger partial charge in [0.25, 0.3) is 5.89 Å². The highest BCUT2D eigenvalue weighted by molar-refractivity contribution is 5.20. The van der Waals surface area contributed by atoms with Gasteiger partial charge in [-0.1, -0.05) is 19.0 Å². The number of hydrogen-bond acceptors (Lipinski definition) is 6. The van der Waals surface area contributed by atoms with E-state index in [0.717, 1.165) is 30.9 Å². The Morgan fingerprint density at radius 2 is 2.24 bits per heavy atom. The highest BCUT2D eigenvalue weighted by Crippen LogP contribution is 2.38. The molecule has 6 nitrogen and oxygen atoms in total. The number of nitrogens with one attached hydrogen (secondary N) is 1. The number of ether oxygens (including phenoxy) is 1. The van der Waals surface area contributed by atoms with Gasteiger partial charge in [0, 0.05) is 18.5 Å². The largest absolute Gasteiger partial charge is 0.482 e. The predicted molar refractivity (Wildman–Crippen MR) is 76.8 cm³/mol. The van der Waals surface area contributed by atoms with Crippen LogP contribution in [0.25, 0.3) is 0 Å². The van der Waals surface area contributed by atoms with Crippen molar-refractivity contribution in [3.05, 3.63) is 35.7 Å².